The van der Waals surface area contributed by atoms with Crippen LogP contribution in [0.4, 0.5) is 4.39 Å². The Morgan fingerprint density at radius 3 is 2.67 bits per heavy atom. The van der Waals surface area contributed by atoms with E-state index in [9.17, 15) is 4.39 Å². The summed E-state index contributed by atoms with van der Waals surface area (Å²) in [6.45, 7) is 1.77. The molecular weight excluding hydrogens is 236 g/mol. The van der Waals surface area contributed by atoms with Gasteiger partial charge in [0, 0.05) is 11.1 Å². The molecule has 0 unspecified atom stereocenters. The van der Waals surface area contributed by atoms with Gasteiger partial charge in [0.15, 0.2) is 0 Å². The SMILES string of the molecule is CCC(C#N)=C(Cl)c1c(F)cccc1Cl. The van der Waals surface area contributed by atoms with Crippen LogP contribution in [-0.2, 0) is 0 Å². The molecule has 0 bridgehead atoms. The molecule has 0 spiro atoms. The van der Waals surface area contributed by atoms with Crippen LogP contribution in [0.1, 0.15) is 18.9 Å². The van der Waals surface area contributed by atoms with Crippen LogP contribution < -0.4 is 0 Å². The van der Waals surface area contributed by atoms with Gasteiger partial charge in [0.1, 0.15) is 5.82 Å². The van der Waals surface area contributed by atoms with Gasteiger partial charge in [-0.05, 0) is 18.6 Å². The molecule has 1 nitrogen and oxygen atoms in total. The van der Waals surface area contributed by atoms with E-state index in [1.807, 2.05) is 6.07 Å². The summed E-state index contributed by atoms with van der Waals surface area (Å²) in [6, 6.07) is 6.21. The highest BCUT2D eigenvalue weighted by Crippen LogP contribution is 2.32. The Kier molecular flexibility index (Phi) is 4.14. The van der Waals surface area contributed by atoms with Crippen LogP contribution in [0.5, 0.6) is 0 Å². The Labute approximate surface area is 97.7 Å². The van der Waals surface area contributed by atoms with Crippen molar-refractivity contribution < 1.29 is 4.39 Å². The van der Waals surface area contributed by atoms with E-state index in [-0.39, 0.29) is 15.6 Å². The van der Waals surface area contributed by atoms with Gasteiger partial charge in [-0.3, -0.25) is 0 Å². The third kappa shape index (κ3) is 2.50. The first kappa shape index (κ1) is 12.0. The Balaban J connectivity index is 3.41. The van der Waals surface area contributed by atoms with E-state index in [0.717, 1.165) is 0 Å². The molecule has 0 radical (unpaired) electrons. The van der Waals surface area contributed by atoms with Gasteiger partial charge < -0.3 is 0 Å². The van der Waals surface area contributed by atoms with Gasteiger partial charge in [0.05, 0.1) is 16.1 Å². The van der Waals surface area contributed by atoms with E-state index < -0.39 is 5.82 Å². The van der Waals surface area contributed by atoms with Gasteiger partial charge in [0.2, 0.25) is 0 Å². The first-order valence-corrected chi connectivity index (χ1v) is 5.10. The summed E-state index contributed by atoms with van der Waals surface area (Å²) in [5.41, 5.74) is 0.419. The van der Waals surface area contributed by atoms with Crippen LogP contribution in [0, 0.1) is 17.1 Å². The zero-order chi connectivity index (χ0) is 11.4. The smallest absolute Gasteiger partial charge is 0.133 e. The Morgan fingerprint density at radius 1 is 1.53 bits per heavy atom. The largest absolute Gasteiger partial charge is 0.206 e. The second-order valence-corrected chi connectivity index (χ2v) is 3.64. The van der Waals surface area contributed by atoms with Crippen molar-refractivity contribution in [3.8, 4) is 6.07 Å². The van der Waals surface area contributed by atoms with Crippen molar-refractivity contribution in [2.75, 3.05) is 0 Å². The number of hydrogen-bond donors (Lipinski definition) is 0. The van der Waals surface area contributed by atoms with Gasteiger partial charge in [-0.25, -0.2) is 4.39 Å². The van der Waals surface area contributed by atoms with Crippen LogP contribution in [0.15, 0.2) is 23.8 Å². The fourth-order valence-electron chi connectivity index (χ4n) is 1.14. The maximum atomic E-state index is 13.4. The molecule has 0 saturated carbocycles. The highest BCUT2D eigenvalue weighted by molar-refractivity contribution is 6.51. The number of nitriles is 1. The first-order chi connectivity index (χ1) is 7.11. The zero-order valence-corrected chi connectivity index (χ0v) is 9.53. The predicted octanol–water partition coefficient (Wildman–Crippen LogP) is 4.36. The zero-order valence-electron chi connectivity index (χ0n) is 8.02. The quantitative estimate of drug-likeness (QED) is 0.709. The second-order valence-electron chi connectivity index (χ2n) is 2.85. The minimum atomic E-state index is -0.520. The standard InChI is InChI=1S/C11H8Cl2FN/c1-2-7(6-15)11(13)10-8(12)4-3-5-9(10)14/h3-5H,2H2,1H3. The van der Waals surface area contributed by atoms with Crippen LogP contribution >= 0.6 is 23.2 Å². The van der Waals surface area contributed by atoms with Crippen molar-refractivity contribution >= 4 is 28.2 Å². The van der Waals surface area contributed by atoms with E-state index in [2.05, 4.69) is 0 Å². The Bertz CT molecular complexity index is 426. The Morgan fingerprint density at radius 2 is 2.20 bits per heavy atom. The van der Waals surface area contributed by atoms with E-state index in [0.29, 0.717) is 12.0 Å². The highest BCUT2D eigenvalue weighted by atomic mass is 35.5. The lowest BCUT2D eigenvalue weighted by Gasteiger charge is -2.05. The minimum Gasteiger partial charge on any atom is -0.206 e. The molecule has 1 aromatic rings. The van der Waals surface area contributed by atoms with E-state index in [4.69, 9.17) is 28.5 Å². The summed E-state index contributed by atoms with van der Waals surface area (Å²) in [7, 11) is 0. The molecule has 0 N–H and O–H groups in total. The van der Waals surface area contributed by atoms with Crippen molar-refractivity contribution in [2.45, 2.75) is 13.3 Å². The lowest BCUT2D eigenvalue weighted by atomic mass is 10.1. The lowest BCUT2D eigenvalue weighted by Crippen LogP contribution is -1.90. The Hall–Kier alpha value is -1.04. The van der Waals surface area contributed by atoms with Crippen molar-refractivity contribution in [1.82, 2.24) is 0 Å². The molecule has 0 atom stereocenters. The molecule has 15 heavy (non-hydrogen) atoms. The molecule has 4 heteroatoms. The molecule has 0 fully saturated rings. The van der Waals surface area contributed by atoms with Gasteiger partial charge in [-0.2, -0.15) is 5.26 Å². The van der Waals surface area contributed by atoms with Crippen molar-refractivity contribution in [3.63, 3.8) is 0 Å². The van der Waals surface area contributed by atoms with Crippen molar-refractivity contribution in [2.24, 2.45) is 0 Å². The van der Waals surface area contributed by atoms with E-state index >= 15 is 0 Å². The average molecular weight is 244 g/mol. The van der Waals surface area contributed by atoms with Crippen LogP contribution in [0.3, 0.4) is 0 Å². The third-order valence-electron chi connectivity index (χ3n) is 1.94. The number of nitrogens with zero attached hydrogens (tertiary/aromatic N) is 1. The molecule has 0 aliphatic carbocycles. The number of halogens is 3. The van der Waals surface area contributed by atoms with E-state index in [1.165, 1.54) is 18.2 Å². The number of rotatable bonds is 2. The lowest BCUT2D eigenvalue weighted by molar-refractivity contribution is 0.624. The highest BCUT2D eigenvalue weighted by Gasteiger charge is 2.13. The summed E-state index contributed by atoms with van der Waals surface area (Å²) < 4.78 is 13.4. The third-order valence-corrected chi connectivity index (χ3v) is 2.67. The van der Waals surface area contributed by atoms with Crippen molar-refractivity contribution in [3.05, 3.63) is 40.2 Å². The monoisotopic (exact) mass is 243 g/mol. The van der Waals surface area contributed by atoms with Gasteiger partial charge in [-0.1, -0.05) is 36.2 Å². The predicted molar refractivity (Wildman–Crippen MR) is 60.1 cm³/mol. The van der Waals surface area contributed by atoms with Crippen molar-refractivity contribution in [1.29, 1.82) is 5.26 Å². The first-order valence-electron chi connectivity index (χ1n) is 4.35. The maximum Gasteiger partial charge on any atom is 0.133 e. The number of allylic oxidation sites excluding steroid dienone is 1. The number of hydrogen-bond acceptors (Lipinski definition) is 1. The average Bonchev–Trinajstić information content (AvgIpc) is 2.19. The van der Waals surface area contributed by atoms with Crippen LogP contribution in [0.25, 0.3) is 5.03 Å². The van der Waals surface area contributed by atoms with Gasteiger partial charge >= 0.3 is 0 Å². The van der Waals surface area contributed by atoms with E-state index in [1.54, 1.807) is 6.92 Å². The fourth-order valence-corrected chi connectivity index (χ4v) is 1.82. The topological polar surface area (TPSA) is 23.8 Å². The normalized spacial score (nSPS) is 11.9. The molecule has 0 saturated heterocycles. The van der Waals surface area contributed by atoms with Crippen LogP contribution in [0.2, 0.25) is 5.02 Å². The molecule has 0 amide bonds. The molecule has 0 aliphatic rings. The van der Waals surface area contributed by atoms with Crippen LogP contribution in [-0.4, -0.2) is 0 Å². The molecule has 0 heterocycles. The molecule has 1 aromatic carbocycles. The summed E-state index contributed by atoms with van der Waals surface area (Å²) >= 11 is 11.7. The molecule has 1 rings (SSSR count). The summed E-state index contributed by atoms with van der Waals surface area (Å²) in [5.74, 6) is -0.520. The summed E-state index contributed by atoms with van der Waals surface area (Å²) in [5, 5.41) is 9.08. The molecule has 0 aromatic heterocycles. The molecule has 78 valence electrons. The number of benzene rings is 1. The summed E-state index contributed by atoms with van der Waals surface area (Å²) in [4.78, 5) is 0. The fraction of sp³-hybridized carbons (Fsp3) is 0.182. The molecule has 0 aliphatic heterocycles. The van der Waals surface area contributed by atoms with Gasteiger partial charge in [-0.15, -0.1) is 0 Å². The maximum absolute atomic E-state index is 13.4. The second kappa shape index (κ2) is 5.16. The summed E-state index contributed by atoms with van der Waals surface area (Å²) in [6.07, 6.45) is 0.444. The van der Waals surface area contributed by atoms with Gasteiger partial charge in [0.25, 0.3) is 0 Å². The minimum absolute atomic E-state index is 0.0862. The molecular formula is C11H8Cl2FN.